The quantitative estimate of drug-likeness (QED) is 0.772. The molecule has 0 saturated heterocycles. The first-order chi connectivity index (χ1) is 7.38. The molecule has 0 amide bonds. The lowest BCUT2D eigenvalue weighted by Crippen LogP contribution is -2.19. The first-order valence-electron chi connectivity index (χ1n) is 5.17. The average molecular weight is 234 g/mol. The van der Waals surface area contributed by atoms with Crippen LogP contribution in [0.1, 0.15) is 5.56 Å². The van der Waals surface area contributed by atoms with Crippen LogP contribution in [0.3, 0.4) is 0 Å². The molecule has 0 radical (unpaired) electrons. The van der Waals surface area contributed by atoms with Crippen LogP contribution in [0.25, 0.3) is 0 Å². The van der Waals surface area contributed by atoms with E-state index in [2.05, 4.69) is 54.1 Å². The highest BCUT2D eigenvalue weighted by molar-refractivity contribution is 5.85. The van der Waals surface area contributed by atoms with E-state index in [4.69, 9.17) is 0 Å². The summed E-state index contributed by atoms with van der Waals surface area (Å²) in [6, 6.07) is 10.5. The van der Waals surface area contributed by atoms with Crippen molar-refractivity contribution in [1.82, 2.24) is 4.90 Å². The highest BCUT2D eigenvalue weighted by Gasteiger charge is 2.02. The number of rotatable bonds is 3. The van der Waals surface area contributed by atoms with Gasteiger partial charge < -0.3 is 4.90 Å². The van der Waals surface area contributed by atoms with Crippen LogP contribution in [0.4, 0.5) is 0 Å². The summed E-state index contributed by atoms with van der Waals surface area (Å²) in [5.41, 5.74) is 2.55. The molecule has 2 rings (SSSR count). The predicted octanol–water partition coefficient (Wildman–Crippen LogP) is 3.55. The molecule has 1 aromatic carbocycles. The van der Waals surface area contributed by atoms with Gasteiger partial charge in [-0.3, -0.25) is 0 Å². The Balaban J connectivity index is 0.00000128. The molecule has 16 heavy (non-hydrogen) atoms. The molecule has 0 saturated carbocycles. The van der Waals surface area contributed by atoms with Gasteiger partial charge >= 0.3 is 0 Å². The number of hydrogen-bond acceptors (Lipinski definition) is 1. The Morgan fingerprint density at radius 1 is 1.25 bits per heavy atom. The van der Waals surface area contributed by atoms with E-state index in [0.717, 1.165) is 13.1 Å². The maximum Gasteiger partial charge on any atom is 0.0427 e. The van der Waals surface area contributed by atoms with Crippen molar-refractivity contribution in [3.8, 4) is 0 Å². The number of nitrogens with zero attached hydrogens (tertiary/aromatic N) is 1. The van der Waals surface area contributed by atoms with E-state index >= 15 is 0 Å². The maximum atomic E-state index is 3.76. The van der Waals surface area contributed by atoms with Crippen LogP contribution in [0.5, 0.6) is 0 Å². The normalized spacial score (nSPS) is 14.0. The van der Waals surface area contributed by atoms with Crippen LogP contribution in [0.2, 0.25) is 0 Å². The van der Waals surface area contributed by atoms with E-state index in [1.807, 2.05) is 12.1 Å². The van der Waals surface area contributed by atoms with Gasteiger partial charge in [-0.2, -0.15) is 0 Å². The third kappa shape index (κ3) is 3.28. The van der Waals surface area contributed by atoms with Crippen molar-refractivity contribution in [3.63, 3.8) is 0 Å². The topological polar surface area (TPSA) is 3.24 Å². The smallest absolute Gasteiger partial charge is 0.0427 e. The molecule has 1 aliphatic rings. The van der Waals surface area contributed by atoms with Crippen LogP contribution < -0.4 is 0 Å². The molecule has 0 N–H and O–H groups in total. The summed E-state index contributed by atoms with van der Waals surface area (Å²) in [4.78, 5) is 2.28. The zero-order valence-corrected chi connectivity index (χ0v) is 9.99. The summed E-state index contributed by atoms with van der Waals surface area (Å²) in [7, 11) is 0. The largest absolute Gasteiger partial charge is 0.369 e. The number of halogens is 1. The lowest BCUT2D eigenvalue weighted by molar-refractivity contribution is 0.404. The molecule has 1 heterocycles. The molecule has 0 bridgehead atoms. The molecule has 2 heteroatoms. The fourth-order valence-electron chi connectivity index (χ4n) is 1.63. The Morgan fingerprint density at radius 2 is 2.00 bits per heavy atom. The van der Waals surface area contributed by atoms with Crippen molar-refractivity contribution < 1.29 is 0 Å². The van der Waals surface area contributed by atoms with Gasteiger partial charge in [0.05, 0.1) is 0 Å². The van der Waals surface area contributed by atoms with E-state index in [0.29, 0.717) is 0 Å². The second kappa shape index (κ2) is 6.19. The van der Waals surface area contributed by atoms with Crippen LogP contribution in [0.15, 0.2) is 66.9 Å². The fourth-order valence-corrected chi connectivity index (χ4v) is 1.63. The summed E-state index contributed by atoms with van der Waals surface area (Å²) in [6.07, 6.45) is 8.30. The van der Waals surface area contributed by atoms with Crippen LogP contribution in [0, 0.1) is 0 Å². The number of allylic oxidation sites excluding steroid dienone is 3. The van der Waals surface area contributed by atoms with E-state index in [9.17, 15) is 0 Å². The summed E-state index contributed by atoms with van der Waals surface area (Å²) < 4.78 is 0. The Morgan fingerprint density at radius 3 is 2.56 bits per heavy atom. The molecular weight excluding hydrogens is 218 g/mol. The van der Waals surface area contributed by atoms with Crippen molar-refractivity contribution in [2.24, 2.45) is 0 Å². The summed E-state index contributed by atoms with van der Waals surface area (Å²) in [5.74, 6) is 0. The van der Waals surface area contributed by atoms with Crippen molar-refractivity contribution in [2.75, 3.05) is 6.54 Å². The third-order valence-electron chi connectivity index (χ3n) is 2.50. The van der Waals surface area contributed by atoms with Gasteiger partial charge in [0, 0.05) is 19.3 Å². The predicted molar refractivity (Wildman–Crippen MR) is 71.5 cm³/mol. The Labute approximate surface area is 103 Å². The summed E-state index contributed by atoms with van der Waals surface area (Å²) in [6.45, 7) is 5.69. The van der Waals surface area contributed by atoms with E-state index < -0.39 is 0 Å². The van der Waals surface area contributed by atoms with Crippen LogP contribution >= 0.6 is 12.4 Å². The van der Waals surface area contributed by atoms with Crippen LogP contribution in [-0.2, 0) is 6.54 Å². The fraction of sp³-hybridized carbons (Fsp3) is 0.143. The van der Waals surface area contributed by atoms with Crippen molar-refractivity contribution in [3.05, 3.63) is 72.5 Å². The Bertz CT molecular complexity index is 392. The standard InChI is InChI=1S/C14H15N.ClH/c1-2-13-8-10-15(11-9-13)12-14-6-4-3-5-7-14;/h2-10H,1,11-12H2;1H. The average Bonchev–Trinajstić information content (AvgIpc) is 2.31. The lowest BCUT2D eigenvalue weighted by Gasteiger charge is -2.21. The van der Waals surface area contributed by atoms with Gasteiger partial charge in [0.1, 0.15) is 0 Å². The zero-order chi connectivity index (χ0) is 10.5. The van der Waals surface area contributed by atoms with Crippen molar-refractivity contribution in [2.45, 2.75) is 6.54 Å². The molecule has 0 atom stereocenters. The van der Waals surface area contributed by atoms with E-state index in [1.54, 1.807) is 0 Å². The van der Waals surface area contributed by atoms with E-state index in [-0.39, 0.29) is 12.4 Å². The van der Waals surface area contributed by atoms with Gasteiger partial charge in [-0.05, 0) is 17.2 Å². The molecular formula is C14H16ClN. The molecule has 1 nitrogen and oxygen atoms in total. The highest BCUT2D eigenvalue weighted by atomic mass is 35.5. The lowest BCUT2D eigenvalue weighted by atomic mass is 10.1. The van der Waals surface area contributed by atoms with Gasteiger partial charge in [0.2, 0.25) is 0 Å². The SMILES string of the molecule is C=CC1=CCN(Cc2ccccc2)C=C1.Cl. The minimum atomic E-state index is 0. The number of benzene rings is 1. The van der Waals surface area contributed by atoms with Gasteiger partial charge in [0.25, 0.3) is 0 Å². The monoisotopic (exact) mass is 233 g/mol. The minimum absolute atomic E-state index is 0. The first kappa shape index (κ1) is 12.6. The highest BCUT2D eigenvalue weighted by Crippen LogP contribution is 2.11. The van der Waals surface area contributed by atoms with Crippen molar-refractivity contribution >= 4 is 12.4 Å². The van der Waals surface area contributed by atoms with Gasteiger partial charge in [-0.1, -0.05) is 49.1 Å². The maximum absolute atomic E-state index is 3.76. The third-order valence-corrected chi connectivity index (χ3v) is 2.50. The summed E-state index contributed by atoms with van der Waals surface area (Å²) >= 11 is 0. The molecule has 0 aliphatic carbocycles. The molecule has 1 aliphatic heterocycles. The second-order valence-corrected chi connectivity index (χ2v) is 3.64. The van der Waals surface area contributed by atoms with E-state index in [1.165, 1.54) is 11.1 Å². The summed E-state index contributed by atoms with van der Waals surface area (Å²) in [5, 5.41) is 0. The molecule has 0 spiro atoms. The van der Waals surface area contributed by atoms with Gasteiger partial charge in [-0.25, -0.2) is 0 Å². The van der Waals surface area contributed by atoms with Crippen molar-refractivity contribution in [1.29, 1.82) is 0 Å². The minimum Gasteiger partial charge on any atom is -0.369 e. The molecule has 84 valence electrons. The first-order valence-corrected chi connectivity index (χ1v) is 5.17. The molecule has 1 aromatic rings. The Hall–Kier alpha value is -1.47. The zero-order valence-electron chi connectivity index (χ0n) is 9.17. The molecule has 0 fully saturated rings. The second-order valence-electron chi connectivity index (χ2n) is 3.64. The molecule has 0 unspecified atom stereocenters. The molecule has 0 aromatic heterocycles. The van der Waals surface area contributed by atoms with Gasteiger partial charge in [0.15, 0.2) is 0 Å². The Kier molecular flexibility index (Phi) is 4.87. The van der Waals surface area contributed by atoms with Crippen LogP contribution in [-0.4, -0.2) is 11.4 Å². The number of hydrogen-bond donors (Lipinski definition) is 0. The van der Waals surface area contributed by atoms with Gasteiger partial charge in [-0.15, -0.1) is 12.4 Å².